The fourth-order valence-corrected chi connectivity index (χ4v) is 5.08. The van der Waals surface area contributed by atoms with Crippen LogP contribution in [-0.2, 0) is 6.18 Å². The lowest BCUT2D eigenvalue weighted by molar-refractivity contribution is -0.145. The third kappa shape index (κ3) is 5.79. The number of urea groups is 1. The van der Waals surface area contributed by atoms with Crippen LogP contribution in [0.3, 0.4) is 0 Å². The average Bonchev–Trinajstić information content (AvgIpc) is 3.30. The van der Waals surface area contributed by atoms with Crippen molar-refractivity contribution in [1.82, 2.24) is 14.9 Å². The fraction of sp³-hybridized carbons (Fsp3) is 0.310. The van der Waals surface area contributed by atoms with Gasteiger partial charge in [-0.25, -0.2) is 9.78 Å². The number of nitrogens with zero attached hydrogens (tertiary/aromatic N) is 2. The molecule has 1 saturated carbocycles. The molecule has 1 heterocycles. The maximum absolute atomic E-state index is 13.8. The van der Waals surface area contributed by atoms with Gasteiger partial charge in [0, 0.05) is 17.9 Å². The number of para-hydroxylation sites is 1. The maximum Gasteiger partial charge on any atom is 0.450 e. The molecule has 0 spiro atoms. The third-order valence-corrected chi connectivity index (χ3v) is 6.96. The average molecular weight is 507 g/mol. The SMILES string of the molecule is O=C(NCCC1CCCCC1)Nc1ccc(-c2ccc3c(c2)nc(C(F)(F)F)n3-c2ccccc2)cc1. The van der Waals surface area contributed by atoms with E-state index in [1.54, 1.807) is 60.7 Å². The highest BCUT2D eigenvalue weighted by Gasteiger charge is 2.38. The molecule has 0 atom stereocenters. The van der Waals surface area contributed by atoms with Gasteiger partial charge in [0.2, 0.25) is 5.82 Å². The van der Waals surface area contributed by atoms with Crippen LogP contribution in [0.4, 0.5) is 23.7 Å². The van der Waals surface area contributed by atoms with Crippen molar-refractivity contribution in [1.29, 1.82) is 0 Å². The zero-order valence-corrected chi connectivity index (χ0v) is 20.4. The van der Waals surface area contributed by atoms with E-state index in [1.807, 2.05) is 12.1 Å². The lowest BCUT2D eigenvalue weighted by atomic mass is 9.87. The molecule has 0 bridgehead atoms. The first-order valence-corrected chi connectivity index (χ1v) is 12.7. The second kappa shape index (κ2) is 10.7. The summed E-state index contributed by atoms with van der Waals surface area (Å²) in [5, 5.41) is 5.77. The van der Waals surface area contributed by atoms with Crippen molar-refractivity contribution in [3.05, 3.63) is 78.6 Å². The molecule has 3 aromatic carbocycles. The summed E-state index contributed by atoms with van der Waals surface area (Å²) in [5.41, 5.74) is 3.24. The van der Waals surface area contributed by atoms with E-state index in [1.165, 1.54) is 32.1 Å². The molecular weight excluding hydrogens is 477 g/mol. The number of hydrogen-bond acceptors (Lipinski definition) is 2. The van der Waals surface area contributed by atoms with Gasteiger partial charge in [-0.2, -0.15) is 13.2 Å². The van der Waals surface area contributed by atoms with Crippen LogP contribution in [0, 0.1) is 5.92 Å². The highest BCUT2D eigenvalue weighted by molar-refractivity contribution is 5.90. The van der Waals surface area contributed by atoms with Crippen LogP contribution in [0.5, 0.6) is 0 Å². The van der Waals surface area contributed by atoms with E-state index < -0.39 is 12.0 Å². The predicted molar refractivity (Wildman–Crippen MR) is 140 cm³/mol. The Morgan fingerprint density at radius 1 is 0.919 bits per heavy atom. The predicted octanol–water partition coefficient (Wildman–Crippen LogP) is 7.80. The van der Waals surface area contributed by atoms with Crippen LogP contribution in [0.2, 0.25) is 0 Å². The lowest BCUT2D eigenvalue weighted by Gasteiger charge is -2.21. The van der Waals surface area contributed by atoms with Crippen LogP contribution in [0.1, 0.15) is 44.3 Å². The zero-order valence-electron chi connectivity index (χ0n) is 20.4. The minimum Gasteiger partial charge on any atom is -0.338 e. The second-order valence-corrected chi connectivity index (χ2v) is 9.56. The van der Waals surface area contributed by atoms with E-state index in [0.29, 0.717) is 29.4 Å². The van der Waals surface area contributed by atoms with Gasteiger partial charge in [0.1, 0.15) is 0 Å². The van der Waals surface area contributed by atoms with Crippen molar-refractivity contribution in [2.45, 2.75) is 44.7 Å². The van der Waals surface area contributed by atoms with E-state index >= 15 is 0 Å². The molecular formula is C29H29F3N4O. The minimum absolute atomic E-state index is 0.240. The molecule has 1 aliphatic rings. The number of alkyl halides is 3. The Bertz CT molecular complexity index is 1360. The second-order valence-electron chi connectivity index (χ2n) is 9.56. The first-order valence-electron chi connectivity index (χ1n) is 12.7. The smallest absolute Gasteiger partial charge is 0.338 e. The van der Waals surface area contributed by atoms with Crippen LogP contribution in [0.15, 0.2) is 72.8 Å². The quantitative estimate of drug-likeness (QED) is 0.280. The van der Waals surface area contributed by atoms with Gasteiger partial charge >= 0.3 is 12.2 Å². The molecule has 0 aliphatic heterocycles. The number of fused-ring (bicyclic) bond motifs is 1. The summed E-state index contributed by atoms with van der Waals surface area (Å²) in [4.78, 5) is 16.2. The summed E-state index contributed by atoms with van der Waals surface area (Å²) < 4.78 is 42.5. The van der Waals surface area contributed by atoms with Gasteiger partial charge in [-0.15, -0.1) is 0 Å². The van der Waals surface area contributed by atoms with Crippen LogP contribution < -0.4 is 10.6 Å². The maximum atomic E-state index is 13.8. The van der Waals surface area contributed by atoms with Crippen molar-refractivity contribution in [2.75, 3.05) is 11.9 Å². The highest BCUT2D eigenvalue weighted by Crippen LogP contribution is 2.35. The molecule has 0 saturated heterocycles. The molecule has 0 unspecified atom stereocenters. The Labute approximate surface area is 213 Å². The third-order valence-electron chi connectivity index (χ3n) is 6.96. The van der Waals surface area contributed by atoms with Crippen LogP contribution >= 0.6 is 0 Å². The zero-order chi connectivity index (χ0) is 25.8. The number of carbonyl (C=O) groups excluding carboxylic acids is 1. The molecule has 37 heavy (non-hydrogen) atoms. The Morgan fingerprint density at radius 3 is 2.32 bits per heavy atom. The van der Waals surface area contributed by atoms with E-state index in [4.69, 9.17) is 0 Å². The van der Waals surface area contributed by atoms with E-state index in [2.05, 4.69) is 15.6 Å². The molecule has 2 N–H and O–H groups in total. The summed E-state index contributed by atoms with van der Waals surface area (Å²) in [7, 11) is 0. The summed E-state index contributed by atoms with van der Waals surface area (Å²) >= 11 is 0. The van der Waals surface area contributed by atoms with Gasteiger partial charge in [0.05, 0.1) is 11.0 Å². The number of anilines is 1. The molecule has 2 amide bonds. The number of benzene rings is 3. The standard InChI is InChI=1S/C29H29F3N4O/c30-29(31,32)27-35-25-19-22(13-16-26(25)36(27)24-9-5-2-6-10-24)21-11-14-23(15-12-21)34-28(37)33-18-17-20-7-3-1-4-8-20/h2,5-6,9-16,19-20H,1,3-4,7-8,17-18H2,(H2,33,34,37). The number of halogens is 3. The Hall–Kier alpha value is -3.81. The number of imidazole rings is 1. The van der Waals surface area contributed by atoms with Gasteiger partial charge in [0.25, 0.3) is 0 Å². The molecule has 5 rings (SSSR count). The number of hydrogen-bond donors (Lipinski definition) is 2. The molecule has 8 heteroatoms. The molecule has 0 radical (unpaired) electrons. The lowest BCUT2D eigenvalue weighted by Crippen LogP contribution is -2.30. The minimum atomic E-state index is -4.60. The summed E-state index contributed by atoms with van der Waals surface area (Å²) in [6.45, 7) is 0.657. The molecule has 4 aromatic rings. The van der Waals surface area contributed by atoms with Crippen molar-refractivity contribution >= 4 is 22.8 Å². The number of rotatable bonds is 6. The van der Waals surface area contributed by atoms with E-state index in [-0.39, 0.29) is 11.5 Å². The molecule has 1 aromatic heterocycles. The largest absolute Gasteiger partial charge is 0.450 e. The van der Waals surface area contributed by atoms with Crippen molar-refractivity contribution in [3.63, 3.8) is 0 Å². The Morgan fingerprint density at radius 2 is 1.62 bits per heavy atom. The summed E-state index contributed by atoms with van der Waals surface area (Å²) in [6, 6.07) is 20.5. The van der Waals surface area contributed by atoms with Crippen molar-refractivity contribution in [3.8, 4) is 16.8 Å². The normalized spacial score (nSPS) is 14.6. The summed E-state index contributed by atoms with van der Waals surface area (Å²) in [6.07, 6.45) is 2.80. The Balaban J connectivity index is 1.29. The molecule has 1 aliphatic carbocycles. The van der Waals surface area contributed by atoms with Gasteiger partial charge in [-0.3, -0.25) is 4.57 Å². The van der Waals surface area contributed by atoms with Gasteiger partial charge < -0.3 is 10.6 Å². The summed E-state index contributed by atoms with van der Waals surface area (Å²) in [5.74, 6) is -0.253. The van der Waals surface area contributed by atoms with Crippen LogP contribution in [0.25, 0.3) is 27.8 Å². The van der Waals surface area contributed by atoms with Crippen molar-refractivity contribution in [2.24, 2.45) is 5.92 Å². The van der Waals surface area contributed by atoms with E-state index in [9.17, 15) is 18.0 Å². The molecule has 5 nitrogen and oxygen atoms in total. The monoisotopic (exact) mass is 506 g/mol. The highest BCUT2D eigenvalue weighted by atomic mass is 19.4. The fourth-order valence-electron chi connectivity index (χ4n) is 5.08. The molecule has 1 fully saturated rings. The Kier molecular flexibility index (Phi) is 7.17. The van der Waals surface area contributed by atoms with Crippen LogP contribution in [-0.4, -0.2) is 22.1 Å². The van der Waals surface area contributed by atoms with Crippen molar-refractivity contribution < 1.29 is 18.0 Å². The first-order chi connectivity index (χ1) is 17.9. The molecule has 192 valence electrons. The van der Waals surface area contributed by atoms with Gasteiger partial charge in [-0.1, -0.05) is 68.5 Å². The number of nitrogens with one attached hydrogen (secondary N) is 2. The van der Waals surface area contributed by atoms with Gasteiger partial charge in [-0.05, 0) is 59.9 Å². The van der Waals surface area contributed by atoms with E-state index in [0.717, 1.165) is 22.1 Å². The first kappa shape index (κ1) is 24.9. The number of carbonyl (C=O) groups is 1. The number of aromatic nitrogens is 2. The topological polar surface area (TPSA) is 59.0 Å². The van der Waals surface area contributed by atoms with Gasteiger partial charge in [0.15, 0.2) is 0 Å². The number of amides is 2.